The number of ether oxygens (including phenoxy) is 2. The highest BCUT2D eigenvalue weighted by Gasteiger charge is 2.11. The second-order valence-electron chi connectivity index (χ2n) is 2.24. The van der Waals surface area contributed by atoms with E-state index in [1.54, 1.807) is 24.3 Å². The molecule has 3 nitrogen and oxygen atoms in total. The summed E-state index contributed by atoms with van der Waals surface area (Å²) in [5.41, 5.74) is 0.380. The standard InChI is InChI=1S/C9H9ClO3/c1-12-8-5-3-2-4-7(8)9(11)13-6-10/h2-5H,6H2,1H3. The van der Waals surface area contributed by atoms with Gasteiger partial charge in [0, 0.05) is 0 Å². The van der Waals surface area contributed by atoms with Crippen LogP contribution in [0.4, 0.5) is 0 Å². The molecule has 0 saturated heterocycles. The van der Waals surface area contributed by atoms with E-state index in [0.717, 1.165) is 0 Å². The number of halogens is 1. The topological polar surface area (TPSA) is 35.5 Å². The molecule has 1 rings (SSSR count). The molecule has 13 heavy (non-hydrogen) atoms. The number of hydrogen-bond donors (Lipinski definition) is 0. The second-order valence-corrected chi connectivity index (χ2v) is 2.46. The highest BCUT2D eigenvalue weighted by atomic mass is 35.5. The first-order chi connectivity index (χ1) is 6.29. The maximum Gasteiger partial charge on any atom is 0.343 e. The summed E-state index contributed by atoms with van der Waals surface area (Å²) in [5, 5.41) is 0. The van der Waals surface area contributed by atoms with Crippen LogP contribution in [-0.4, -0.2) is 19.1 Å². The molecule has 0 unspecified atom stereocenters. The predicted octanol–water partition coefficient (Wildman–Crippen LogP) is 2.05. The van der Waals surface area contributed by atoms with Gasteiger partial charge in [0.05, 0.1) is 7.11 Å². The fraction of sp³-hybridized carbons (Fsp3) is 0.222. The first kappa shape index (κ1) is 9.86. The number of hydrogen-bond acceptors (Lipinski definition) is 3. The van der Waals surface area contributed by atoms with E-state index < -0.39 is 5.97 Å². The molecule has 0 aliphatic rings. The van der Waals surface area contributed by atoms with Gasteiger partial charge in [-0.3, -0.25) is 0 Å². The summed E-state index contributed by atoms with van der Waals surface area (Å²) in [6.45, 7) is 0. The maximum absolute atomic E-state index is 11.2. The number of alkyl halides is 1. The van der Waals surface area contributed by atoms with Crippen molar-refractivity contribution in [2.24, 2.45) is 0 Å². The summed E-state index contributed by atoms with van der Waals surface area (Å²) in [6.07, 6.45) is 0. The molecule has 0 spiro atoms. The largest absolute Gasteiger partial charge is 0.496 e. The van der Waals surface area contributed by atoms with Crippen LogP contribution in [0.1, 0.15) is 10.4 Å². The Labute approximate surface area is 81.2 Å². The fourth-order valence-electron chi connectivity index (χ4n) is 0.941. The minimum atomic E-state index is -0.479. The zero-order chi connectivity index (χ0) is 9.68. The summed E-state index contributed by atoms with van der Waals surface area (Å²) in [7, 11) is 1.49. The molecule has 70 valence electrons. The van der Waals surface area contributed by atoms with Crippen molar-refractivity contribution in [2.45, 2.75) is 0 Å². The Hall–Kier alpha value is -1.22. The average Bonchev–Trinajstić information content (AvgIpc) is 2.18. The zero-order valence-corrected chi connectivity index (χ0v) is 7.88. The number of carbonyl (C=O) groups is 1. The van der Waals surface area contributed by atoms with Gasteiger partial charge in [-0.05, 0) is 12.1 Å². The molecule has 4 heteroatoms. The van der Waals surface area contributed by atoms with Gasteiger partial charge in [0.1, 0.15) is 11.3 Å². The van der Waals surface area contributed by atoms with Crippen LogP contribution in [0.25, 0.3) is 0 Å². The first-order valence-electron chi connectivity index (χ1n) is 3.65. The molecular weight excluding hydrogens is 192 g/mol. The van der Waals surface area contributed by atoms with E-state index in [1.807, 2.05) is 0 Å². The van der Waals surface area contributed by atoms with E-state index in [-0.39, 0.29) is 6.07 Å². The smallest absolute Gasteiger partial charge is 0.343 e. The lowest BCUT2D eigenvalue weighted by Crippen LogP contribution is -2.05. The molecule has 0 saturated carbocycles. The minimum Gasteiger partial charge on any atom is -0.496 e. The average molecular weight is 201 g/mol. The molecule has 0 N–H and O–H groups in total. The Morgan fingerprint density at radius 2 is 2.15 bits per heavy atom. The van der Waals surface area contributed by atoms with Crippen molar-refractivity contribution in [3.05, 3.63) is 29.8 Å². The molecule has 0 amide bonds. The summed E-state index contributed by atoms with van der Waals surface area (Å²) < 4.78 is 9.59. The van der Waals surface area contributed by atoms with E-state index in [4.69, 9.17) is 16.3 Å². The molecule has 1 aromatic carbocycles. The van der Waals surface area contributed by atoms with Gasteiger partial charge in [-0.1, -0.05) is 23.7 Å². The van der Waals surface area contributed by atoms with Crippen LogP contribution in [0.15, 0.2) is 24.3 Å². The van der Waals surface area contributed by atoms with Crippen molar-refractivity contribution in [1.82, 2.24) is 0 Å². The Morgan fingerprint density at radius 3 is 2.77 bits per heavy atom. The van der Waals surface area contributed by atoms with E-state index in [9.17, 15) is 4.79 Å². The van der Waals surface area contributed by atoms with E-state index in [0.29, 0.717) is 11.3 Å². The molecular formula is C9H9ClO3. The SMILES string of the molecule is COc1ccccc1C(=O)OCCl. The molecule has 0 heterocycles. The van der Waals surface area contributed by atoms with E-state index in [2.05, 4.69) is 4.74 Å². The minimum absolute atomic E-state index is 0.156. The van der Waals surface area contributed by atoms with E-state index >= 15 is 0 Å². The number of carbonyl (C=O) groups excluding carboxylic acids is 1. The van der Waals surface area contributed by atoms with Crippen LogP contribution in [0.2, 0.25) is 0 Å². The van der Waals surface area contributed by atoms with Gasteiger partial charge in [-0.15, -0.1) is 0 Å². The van der Waals surface area contributed by atoms with Crippen LogP contribution in [0.5, 0.6) is 5.75 Å². The third-order valence-electron chi connectivity index (χ3n) is 1.51. The van der Waals surface area contributed by atoms with Gasteiger partial charge >= 0.3 is 5.97 Å². The highest BCUT2D eigenvalue weighted by molar-refractivity contribution is 6.17. The fourth-order valence-corrected chi connectivity index (χ4v) is 1.04. The number of benzene rings is 1. The quantitative estimate of drug-likeness (QED) is 0.554. The normalized spacial score (nSPS) is 9.38. The van der Waals surface area contributed by atoms with Crippen molar-refractivity contribution < 1.29 is 14.3 Å². The lowest BCUT2D eigenvalue weighted by atomic mass is 10.2. The maximum atomic E-state index is 11.2. The Balaban J connectivity index is 2.92. The van der Waals surface area contributed by atoms with Crippen molar-refractivity contribution in [3.8, 4) is 5.75 Å². The third-order valence-corrected chi connectivity index (χ3v) is 1.62. The number of esters is 1. The van der Waals surface area contributed by atoms with E-state index in [1.165, 1.54) is 7.11 Å². The highest BCUT2D eigenvalue weighted by Crippen LogP contribution is 2.17. The van der Waals surface area contributed by atoms with Gasteiger partial charge in [0.2, 0.25) is 0 Å². The molecule has 0 atom stereocenters. The monoisotopic (exact) mass is 200 g/mol. The van der Waals surface area contributed by atoms with Crippen LogP contribution in [0.3, 0.4) is 0 Å². The number of methoxy groups -OCH3 is 1. The predicted molar refractivity (Wildman–Crippen MR) is 49.1 cm³/mol. The van der Waals surface area contributed by atoms with Crippen LogP contribution < -0.4 is 4.74 Å². The summed E-state index contributed by atoms with van der Waals surface area (Å²) in [5.74, 6) is 0.00469. The third kappa shape index (κ3) is 2.36. The zero-order valence-electron chi connectivity index (χ0n) is 7.12. The van der Waals surface area contributed by atoms with Gasteiger partial charge in [0.15, 0.2) is 6.07 Å². The second kappa shape index (κ2) is 4.72. The summed E-state index contributed by atoms with van der Waals surface area (Å²) in [4.78, 5) is 11.2. The Kier molecular flexibility index (Phi) is 3.58. The van der Waals surface area contributed by atoms with Crippen LogP contribution >= 0.6 is 11.6 Å². The summed E-state index contributed by atoms with van der Waals surface area (Å²) in [6, 6.07) is 6.65. The first-order valence-corrected chi connectivity index (χ1v) is 4.19. The molecule has 0 radical (unpaired) electrons. The van der Waals surface area contributed by atoms with Gasteiger partial charge in [0.25, 0.3) is 0 Å². The molecule has 0 fully saturated rings. The lowest BCUT2D eigenvalue weighted by Gasteiger charge is -2.05. The van der Waals surface area contributed by atoms with Crippen molar-refractivity contribution >= 4 is 17.6 Å². The van der Waals surface area contributed by atoms with Crippen molar-refractivity contribution in [1.29, 1.82) is 0 Å². The van der Waals surface area contributed by atoms with Crippen LogP contribution in [-0.2, 0) is 4.74 Å². The van der Waals surface area contributed by atoms with Gasteiger partial charge < -0.3 is 9.47 Å². The van der Waals surface area contributed by atoms with Crippen molar-refractivity contribution in [3.63, 3.8) is 0 Å². The Morgan fingerprint density at radius 1 is 1.46 bits per heavy atom. The number of para-hydroxylation sites is 1. The number of rotatable bonds is 3. The van der Waals surface area contributed by atoms with Crippen molar-refractivity contribution in [2.75, 3.05) is 13.2 Å². The molecule has 1 aromatic rings. The lowest BCUT2D eigenvalue weighted by molar-refractivity contribution is 0.0570. The molecule has 0 bridgehead atoms. The summed E-state index contributed by atoms with van der Waals surface area (Å²) >= 11 is 5.26. The van der Waals surface area contributed by atoms with Gasteiger partial charge in [-0.2, -0.15) is 0 Å². The molecule has 0 aromatic heterocycles. The molecule has 0 aliphatic heterocycles. The Bertz CT molecular complexity index is 299. The molecule has 0 aliphatic carbocycles. The van der Waals surface area contributed by atoms with Gasteiger partial charge in [-0.25, -0.2) is 4.79 Å². The van der Waals surface area contributed by atoms with Crippen LogP contribution in [0, 0.1) is 0 Å².